The Morgan fingerprint density at radius 2 is 0.541 bits per heavy atom. The Morgan fingerprint density at radius 1 is 0.311 bits per heavy atom. The van der Waals surface area contributed by atoms with Crippen LogP contribution < -0.4 is 0 Å². The third kappa shape index (κ3) is 49.0. The highest BCUT2D eigenvalue weighted by molar-refractivity contribution is 5.71. The van der Waals surface area contributed by atoms with Crippen molar-refractivity contribution in [2.24, 2.45) is 0 Å². The largest absolute Gasteiger partial charge is 0.462 e. The third-order valence-electron chi connectivity index (χ3n) is 12.3. The second kappa shape index (κ2) is 50.8. The van der Waals surface area contributed by atoms with Crippen molar-refractivity contribution in [1.82, 2.24) is 0 Å². The van der Waals surface area contributed by atoms with Crippen LogP contribution in [0.4, 0.5) is 0 Å². The average Bonchev–Trinajstić information content (AvgIpc) is 3.26. The van der Waals surface area contributed by atoms with Crippen LogP contribution in [0.15, 0.2) is 12.2 Å². The molecule has 360 valence electrons. The summed E-state index contributed by atoms with van der Waals surface area (Å²) in [4.78, 5) is 37.8. The minimum Gasteiger partial charge on any atom is -0.462 e. The van der Waals surface area contributed by atoms with Crippen LogP contribution >= 0.6 is 0 Å². The highest BCUT2D eigenvalue weighted by Crippen LogP contribution is 2.17. The Balaban J connectivity index is 4.14. The maximum absolute atomic E-state index is 12.8. The number of allylic oxidation sites excluding steroid dienone is 2. The van der Waals surface area contributed by atoms with E-state index in [1.807, 2.05) is 0 Å². The molecular weight excluding hydrogens is 757 g/mol. The number of hydrogen-bond donors (Lipinski definition) is 0. The molecule has 6 heteroatoms. The fraction of sp³-hybridized carbons (Fsp3) is 0.909. The standard InChI is InChI=1S/C55H104O6/c1-4-7-10-13-16-18-20-22-24-26-28-30-31-33-35-37-39-42-45-48-54(57)60-51-52(50-59-53(56)47-44-41-15-12-9-6-3)61-55(58)49-46-43-40-38-36-34-32-29-27-25-23-21-19-17-14-11-8-5-2/h25,27,52H,4-24,26,28-51H2,1-3H3/b27-25-. The summed E-state index contributed by atoms with van der Waals surface area (Å²) < 4.78 is 16.7. The minimum absolute atomic E-state index is 0.0672. The van der Waals surface area contributed by atoms with Gasteiger partial charge in [0, 0.05) is 19.3 Å². The van der Waals surface area contributed by atoms with Crippen molar-refractivity contribution in [1.29, 1.82) is 0 Å². The molecule has 1 atom stereocenters. The van der Waals surface area contributed by atoms with E-state index in [1.165, 1.54) is 205 Å². The third-order valence-corrected chi connectivity index (χ3v) is 12.3. The second-order valence-electron chi connectivity index (χ2n) is 18.5. The van der Waals surface area contributed by atoms with E-state index in [1.54, 1.807) is 0 Å². The van der Waals surface area contributed by atoms with E-state index in [9.17, 15) is 14.4 Å². The zero-order valence-electron chi connectivity index (χ0n) is 41.2. The molecule has 0 amide bonds. The van der Waals surface area contributed by atoms with Crippen molar-refractivity contribution in [3.8, 4) is 0 Å². The number of unbranched alkanes of at least 4 members (excludes halogenated alkanes) is 37. The first-order valence-corrected chi connectivity index (χ1v) is 27.2. The molecule has 0 radical (unpaired) electrons. The first-order chi connectivity index (χ1) is 30.0. The zero-order chi connectivity index (χ0) is 44.4. The van der Waals surface area contributed by atoms with Gasteiger partial charge in [-0.2, -0.15) is 0 Å². The molecule has 0 aromatic heterocycles. The van der Waals surface area contributed by atoms with Crippen LogP contribution in [-0.2, 0) is 28.6 Å². The molecule has 0 aromatic rings. The highest BCUT2D eigenvalue weighted by atomic mass is 16.6. The highest BCUT2D eigenvalue weighted by Gasteiger charge is 2.19. The number of carbonyl (C=O) groups excluding carboxylic acids is 3. The monoisotopic (exact) mass is 861 g/mol. The Labute approximate surface area is 380 Å². The number of esters is 3. The van der Waals surface area contributed by atoms with Crippen molar-refractivity contribution in [3.63, 3.8) is 0 Å². The molecule has 0 rings (SSSR count). The van der Waals surface area contributed by atoms with E-state index in [-0.39, 0.29) is 31.1 Å². The number of hydrogen-bond acceptors (Lipinski definition) is 6. The molecule has 0 saturated carbocycles. The van der Waals surface area contributed by atoms with Crippen molar-refractivity contribution in [2.45, 2.75) is 309 Å². The van der Waals surface area contributed by atoms with Gasteiger partial charge < -0.3 is 14.2 Å². The molecule has 0 heterocycles. The first kappa shape index (κ1) is 59.1. The second-order valence-corrected chi connectivity index (χ2v) is 18.5. The van der Waals surface area contributed by atoms with E-state index in [4.69, 9.17) is 14.2 Å². The van der Waals surface area contributed by atoms with E-state index in [0.717, 1.165) is 57.8 Å². The lowest BCUT2D eigenvalue weighted by Gasteiger charge is -2.18. The van der Waals surface area contributed by atoms with Crippen LogP contribution in [-0.4, -0.2) is 37.2 Å². The topological polar surface area (TPSA) is 78.9 Å². The van der Waals surface area contributed by atoms with Crippen LogP contribution in [0.2, 0.25) is 0 Å². The number of rotatable bonds is 50. The summed E-state index contributed by atoms with van der Waals surface area (Å²) in [6.45, 7) is 6.62. The Hall–Kier alpha value is -1.85. The van der Waals surface area contributed by atoms with Crippen molar-refractivity contribution >= 4 is 17.9 Å². The molecule has 61 heavy (non-hydrogen) atoms. The quantitative estimate of drug-likeness (QED) is 0.0262. The van der Waals surface area contributed by atoms with Crippen LogP contribution in [0.25, 0.3) is 0 Å². The summed E-state index contributed by atoms with van der Waals surface area (Å²) in [7, 11) is 0. The van der Waals surface area contributed by atoms with E-state index >= 15 is 0 Å². The smallest absolute Gasteiger partial charge is 0.306 e. The van der Waals surface area contributed by atoms with E-state index in [2.05, 4.69) is 32.9 Å². The maximum Gasteiger partial charge on any atom is 0.306 e. The van der Waals surface area contributed by atoms with Gasteiger partial charge in [-0.3, -0.25) is 14.4 Å². The van der Waals surface area contributed by atoms with E-state index < -0.39 is 6.10 Å². The number of carbonyl (C=O) groups is 3. The van der Waals surface area contributed by atoms with Crippen LogP contribution in [0, 0.1) is 0 Å². The van der Waals surface area contributed by atoms with Gasteiger partial charge in [-0.15, -0.1) is 0 Å². The van der Waals surface area contributed by atoms with E-state index in [0.29, 0.717) is 19.3 Å². The molecule has 1 unspecified atom stereocenters. The molecule has 0 N–H and O–H groups in total. The van der Waals surface area contributed by atoms with Crippen LogP contribution in [0.3, 0.4) is 0 Å². The van der Waals surface area contributed by atoms with Crippen LogP contribution in [0.1, 0.15) is 303 Å². The Bertz CT molecular complexity index is 947. The molecule has 0 bridgehead atoms. The molecule has 0 saturated heterocycles. The molecule has 0 aliphatic carbocycles. The zero-order valence-corrected chi connectivity index (χ0v) is 41.2. The fourth-order valence-corrected chi connectivity index (χ4v) is 8.14. The van der Waals surface area contributed by atoms with Gasteiger partial charge in [0.2, 0.25) is 0 Å². The first-order valence-electron chi connectivity index (χ1n) is 27.2. The summed E-state index contributed by atoms with van der Waals surface area (Å²) in [5, 5.41) is 0. The molecule has 0 aromatic carbocycles. The van der Waals surface area contributed by atoms with Gasteiger partial charge >= 0.3 is 17.9 Å². The molecule has 0 aliphatic rings. The lowest BCUT2D eigenvalue weighted by atomic mass is 10.0. The van der Waals surface area contributed by atoms with Gasteiger partial charge in [0.25, 0.3) is 0 Å². The van der Waals surface area contributed by atoms with Gasteiger partial charge in [0.05, 0.1) is 0 Å². The predicted octanol–water partition coefficient (Wildman–Crippen LogP) is 17.8. The van der Waals surface area contributed by atoms with Gasteiger partial charge in [0.15, 0.2) is 6.10 Å². The van der Waals surface area contributed by atoms with Crippen molar-refractivity contribution < 1.29 is 28.6 Å². The van der Waals surface area contributed by atoms with Gasteiger partial charge in [-0.25, -0.2) is 0 Å². The average molecular weight is 861 g/mol. The van der Waals surface area contributed by atoms with Gasteiger partial charge in [-0.1, -0.05) is 251 Å². The van der Waals surface area contributed by atoms with Gasteiger partial charge in [-0.05, 0) is 44.9 Å². The summed E-state index contributed by atoms with van der Waals surface area (Å²) >= 11 is 0. The summed E-state index contributed by atoms with van der Waals surface area (Å²) in [5.41, 5.74) is 0. The van der Waals surface area contributed by atoms with Gasteiger partial charge in [0.1, 0.15) is 13.2 Å². The fourth-order valence-electron chi connectivity index (χ4n) is 8.14. The normalized spacial score (nSPS) is 12.0. The molecule has 0 aliphatic heterocycles. The molecule has 0 spiro atoms. The Morgan fingerprint density at radius 3 is 0.820 bits per heavy atom. The summed E-state index contributed by atoms with van der Waals surface area (Å²) in [5.74, 6) is -0.863. The lowest BCUT2D eigenvalue weighted by molar-refractivity contribution is -0.167. The summed E-state index contributed by atoms with van der Waals surface area (Å²) in [6.07, 6.45) is 56.6. The molecule has 0 fully saturated rings. The maximum atomic E-state index is 12.8. The minimum atomic E-state index is -0.764. The number of ether oxygens (including phenoxy) is 3. The van der Waals surface area contributed by atoms with Crippen LogP contribution in [0.5, 0.6) is 0 Å². The van der Waals surface area contributed by atoms with Crippen molar-refractivity contribution in [2.75, 3.05) is 13.2 Å². The predicted molar refractivity (Wildman–Crippen MR) is 261 cm³/mol. The SMILES string of the molecule is CCCCCCCCC/C=C\CCCCCCCCCC(=O)OC(COC(=O)CCCCCCCC)COC(=O)CCCCCCCCCCCCCCCCCCCCC. The lowest BCUT2D eigenvalue weighted by Crippen LogP contribution is -2.30. The molecular formula is C55H104O6. The Kier molecular flexibility index (Phi) is 49.3. The molecule has 6 nitrogen and oxygen atoms in total. The van der Waals surface area contributed by atoms with Crippen molar-refractivity contribution in [3.05, 3.63) is 12.2 Å². The summed E-state index contributed by atoms with van der Waals surface area (Å²) in [6, 6.07) is 0.